The number of likely N-dealkylation sites (N-methyl/N-ethyl adjacent to an activating group) is 1. The van der Waals surface area contributed by atoms with Gasteiger partial charge in [0.1, 0.15) is 5.69 Å². The molecule has 1 atom stereocenters. The Morgan fingerprint density at radius 2 is 1.75 bits per heavy atom. The summed E-state index contributed by atoms with van der Waals surface area (Å²) < 4.78 is 1.80. The van der Waals surface area contributed by atoms with Crippen LogP contribution in [0.1, 0.15) is 46.5 Å². The smallest absolute Gasteiger partial charge is 0.270 e. The molecule has 1 aliphatic carbocycles. The Morgan fingerprint density at radius 1 is 1.03 bits per heavy atom. The third-order valence-corrected chi connectivity index (χ3v) is 6.52. The van der Waals surface area contributed by atoms with Gasteiger partial charge < -0.3 is 10.2 Å². The van der Waals surface area contributed by atoms with Gasteiger partial charge in [0.25, 0.3) is 5.91 Å². The standard InChI is InChI=1S/C26H31N5O/c1-29-16-17-30(25(19-29)21-8-4-2-5-9-21)15-14-27-26(32)24-18-23(20-12-13-20)28-31(24)22-10-6-3-7-11-22/h2-11,18,20,25H,12-17,19H2,1H3,(H,27,32)/t25-/m1/s1. The number of aromatic nitrogens is 2. The van der Waals surface area contributed by atoms with Crippen molar-refractivity contribution in [1.82, 2.24) is 24.9 Å². The number of nitrogens with one attached hydrogen (secondary N) is 1. The molecule has 0 radical (unpaired) electrons. The summed E-state index contributed by atoms with van der Waals surface area (Å²) in [6.45, 7) is 4.49. The molecule has 1 saturated carbocycles. The number of para-hydroxylation sites is 1. The fraction of sp³-hybridized carbons (Fsp3) is 0.385. The van der Waals surface area contributed by atoms with Crippen LogP contribution in [-0.4, -0.2) is 65.3 Å². The fourth-order valence-electron chi connectivity index (χ4n) is 4.53. The molecule has 0 bridgehead atoms. The number of piperazine rings is 1. The molecule has 1 amide bonds. The second-order valence-corrected chi connectivity index (χ2v) is 8.96. The topological polar surface area (TPSA) is 53.4 Å². The number of rotatable bonds is 7. The molecule has 0 unspecified atom stereocenters. The van der Waals surface area contributed by atoms with Crippen molar-refractivity contribution in [1.29, 1.82) is 0 Å². The molecule has 1 aromatic heterocycles. The average Bonchev–Trinajstić information content (AvgIpc) is 3.59. The summed E-state index contributed by atoms with van der Waals surface area (Å²) in [4.78, 5) is 18.0. The summed E-state index contributed by atoms with van der Waals surface area (Å²) in [5, 5.41) is 7.92. The summed E-state index contributed by atoms with van der Waals surface area (Å²) >= 11 is 0. The third-order valence-electron chi connectivity index (χ3n) is 6.52. The van der Waals surface area contributed by atoms with E-state index in [2.05, 4.69) is 52.5 Å². The number of carbonyl (C=O) groups is 1. The second kappa shape index (κ2) is 9.27. The molecule has 3 aromatic rings. The van der Waals surface area contributed by atoms with Crippen molar-refractivity contribution in [2.24, 2.45) is 0 Å². The Labute approximate surface area is 189 Å². The van der Waals surface area contributed by atoms with Gasteiger partial charge in [-0.15, -0.1) is 0 Å². The Balaban J connectivity index is 1.27. The molecule has 6 heteroatoms. The zero-order valence-electron chi connectivity index (χ0n) is 18.7. The van der Waals surface area contributed by atoms with Crippen molar-refractivity contribution < 1.29 is 4.79 Å². The van der Waals surface area contributed by atoms with Crippen LogP contribution in [0.2, 0.25) is 0 Å². The van der Waals surface area contributed by atoms with Gasteiger partial charge in [0.15, 0.2) is 0 Å². The van der Waals surface area contributed by atoms with E-state index < -0.39 is 0 Å². The number of amides is 1. The van der Waals surface area contributed by atoms with Crippen molar-refractivity contribution in [2.75, 3.05) is 39.8 Å². The summed E-state index contributed by atoms with van der Waals surface area (Å²) in [5.41, 5.74) is 3.91. The first kappa shape index (κ1) is 20.9. The molecule has 2 aliphatic rings. The van der Waals surface area contributed by atoms with Crippen LogP contribution in [-0.2, 0) is 0 Å². The van der Waals surface area contributed by atoms with Gasteiger partial charge in [-0.2, -0.15) is 5.10 Å². The van der Waals surface area contributed by atoms with Crippen LogP contribution < -0.4 is 5.32 Å². The lowest BCUT2D eigenvalue weighted by atomic mass is 10.0. The van der Waals surface area contributed by atoms with Crippen LogP contribution in [0.5, 0.6) is 0 Å². The lowest BCUT2D eigenvalue weighted by Crippen LogP contribution is -2.49. The van der Waals surface area contributed by atoms with E-state index in [1.54, 1.807) is 4.68 Å². The predicted octanol–water partition coefficient (Wildman–Crippen LogP) is 3.47. The van der Waals surface area contributed by atoms with E-state index in [-0.39, 0.29) is 5.91 Å². The van der Waals surface area contributed by atoms with E-state index in [4.69, 9.17) is 5.10 Å². The molecule has 1 saturated heterocycles. The zero-order valence-corrected chi connectivity index (χ0v) is 18.7. The van der Waals surface area contributed by atoms with E-state index in [0.29, 0.717) is 24.2 Å². The molecule has 1 aliphatic heterocycles. The highest BCUT2D eigenvalue weighted by Gasteiger charge is 2.29. The Morgan fingerprint density at radius 3 is 2.47 bits per heavy atom. The van der Waals surface area contributed by atoms with Gasteiger partial charge in [0.05, 0.1) is 11.4 Å². The monoisotopic (exact) mass is 429 g/mol. The fourth-order valence-corrected chi connectivity index (χ4v) is 4.53. The molecule has 0 spiro atoms. The van der Waals surface area contributed by atoms with Gasteiger partial charge in [-0.25, -0.2) is 4.68 Å². The molecule has 5 rings (SSSR count). The minimum atomic E-state index is -0.0568. The average molecular weight is 430 g/mol. The second-order valence-electron chi connectivity index (χ2n) is 8.96. The quantitative estimate of drug-likeness (QED) is 0.625. The number of carbonyl (C=O) groups excluding carboxylic acids is 1. The molecular weight excluding hydrogens is 398 g/mol. The van der Waals surface area contributed by atoms with Crippen LogP contribution in [0.3, 0.4) is 0 Å². The predicted molar refractivity (Wildman–Crippen MR) is 126 cm³/mol. The number of hydrogen-bond donors (Lipinski definition) is 1. The summed E-state index contributed by atoms with van der Waals surface area (Å²) in [7, 11) is 2.18. The first-order valence-corrected chi connectivity index (χ1v) is 11.6. The summed E-state index contributed by atoms with van der Waals surface area (Å²) in [6, 6.07) is 22.9. The maximum absolute atomic E-state index is 13.1. The lowest BCUT2D eigenvalue weighted by Gasteiger charge is -2.40. The first-order chi connectivity index (χ1) is 15.7. The van der Waals surface area contributed by atoms with Crippen molar-refractivity contribution in [3.8, 4) is 5.69 Å². The van der Waals surface area contributed by atoms with E-state index >= 15 is 0 Å². The maximum atomic E-state index is 13.1. The van der Waals surface area contributed by atoms with E-state index in [9.17, 15) is 4.79 Å². The normalized spacial score (nSPS) is 19.7. The largest absolute Gasteiger partial charge is 0.349 e. The minimum Gasteiger partial charge on any atom is -0.349 e. The van der Waals surface area contributed by atoms with Crippen molar-refractivity contribution >= 4 is 5.91 Å². The highest BCUT2D eigenvalue weighted by Crippen LogP contribution is 2.39. The van der Waals surface area contributed by atoms with Gasteiger partial charge in [0, 0.05) is 44.7 Å². The SMILES string of the molecule is CN1CCN(CCNC(=O)c2cc(C3CC3)nn2-c2ccccc2)[C@@H](c2ccccc2)C1. The molecule has 166 valence electrons. The molecule has 2 fully saturated rings. The number of benzene rings is 2. The van der Waals surface area contributed by atoms with Crippen LogP contribution in [0.15, 0.2) is 66.7 Å². The Kier molecular flexibility index (Phi) is 6.06. The van der Waals surface area contributed by atoms with Crippen molar-refractivity contribution in [3.63, 3.8) is 0 Å². The van der Waals surface area contributed by atoms with Gasteiger partial charge in [0.2, 0.25) is 0 Å². The molecule has 2 aromatic carbocycles. The molecule has 1 N–H and O–H groups in total. The van der Waals surface area contributed by atoms with Gasteiger partial charge in [-0.3, -0.25) is 9.69 Å². The zero-order chi connectivity index (χ0) is 21.9. The summed E-state index contributed by atoms with van der Waals surface area (Å²) in [5.74, 6) is 0.446. The molecule has 2 heterocycles. The van der Waals surface area contributed by atoms with Crippen LogP contribution >= 0.6 is 0 Å². The van der Waals surface area contributed by atoms with Crippen LogP contribution in [0.25, 0.3) is 5.69 Å². The minimum absolute atomic E-state index is 0.0568. The van der Waals surface area contributed by atoms with Gasteiger partial charge in [-0.1, -0.05) is 48.5 Å². The van der Waals surface area contributed by atoms with Crippen LogP contribution in [0.4, 0.5) is 0 Å². The molecular formula is C26H31N5O. The van der Waals surface area contributed by atoms with Crippen molar-refractivity contribution in [3.05, 3.63) is 83.7 Å². The highest BCUT2D eigenvalue weighted by molar-refractivity contribution is 5.93. The Hall–Kier alpha value is -2.96. The molecule has 32 heavy (non-hydrogen) atoms. The van der Waals surface area contributed by atoms with E-state index in [1.807, 2.05) is 36.4 Å². The van der Waals surface area contributed by atoms with Gasteiger partial charge in [-0.05, 0) is 43.7 Å². The van der Waals surface area contributed by atoms with E-state index in [1.165, 1.54) is 5.56 Å². The Bertz CT molecular complexity index is 1040. The third kappa shape index (κ3) is 4.61. The van der Waals surface area contributed by atoms with E-state index in [0.717, 1.165) is 50.4 Å². The number of nitrogens with zero attached hydrogens (tertiary/aromatic N) is 4. The molecule has 6 nitrogen and oxygen atoms in total. The first-order valence-electron chi connectivity index (χ1n) is 11.6. The van der Waals surface area contributed by atoms with Crippen LogP contribution in [0, 0.1) is 0 Å². The number of hydrogen-bond acceptors (Lipinski definition) is 4. The maximum Gasteiger partial charge on any atom is 0.270 e. The summed E-state index contributed by atoms with van der Waals surface area (Å²) in [6.07, 6.45) is 2.33. The van der Waals surface area contributed by atoms with Gasteiger partial charge >= 0.3 is 0 Å². The lowest BCUT2D eigenvalue weighted by molar-refractivity contribution is 0.0839. The highest BCUT2D eigenvalue weighted by atomic mass is 16.2. The van der Waals surface area contributed by atoms with Crippen molar-refractivity contribution in [2.45, 2.75) is 24.8 Å².